The van der Waals surface area contributed by atoms with E-state index in [9.17, 15) is 4.39 Å². The average molecular weight is 245 g/mol. The second kappa shape index (κ2) is 4.84. The molecule has 2 rings (SSSR count). The van der Waals surface area contributed by atoms with Crippen molar-refractivity contribution in [2.75, 3.05) is 0 Å². The highest BCUT2D eigenvalue weighted by molar-refractivity contribution is 5.20. The molecule has 0 saturated carbocycles. The monoisotopic (exact) mass is 245 g/mol. The SMILES string of the molecule is Cc1cc(C)c(C)[n+](Cc2cc(F)cnc2C)c1. The van der Waals surface area contributed by atoms with E-state index in [0.29, 0.717) is 6.54 Å². The summed E-state index contributed by atoms with van der Waals surface area (Å²) in [4.78, 5) is 4.06. The van der Waals surface area contributed by atoms with Crippen LogP contribution in [0.5, 0.6) is 0 Å². The van der Waals surface area contributed by atoms with Crippen LogP contribution in [0.2, 0.25) is 0 Å². The summed E-state index contributed by atoms with van der Waals surface area (Å²) in [6.45, 7) is 8.81. The number of hydrogen-bond acceptors (Lipinski definition) is 1. The summed E-state index contributed by atoms with van der Waals surface area (Å²) < 4.78 is 15.4. The molecule has 0 N–H and O–H groups in total. The summed E-state index contributed by atoms with van der Waals surface area (Å²) in [6.07, 6.45) is 3.35. The van der Waals surface area contributed by atoms with E-state index in [2.05, 4.69) is 42.6 Å². The summed E-state index contributed by atoms with van der Waals surface area (Å²) in [5, 5.41) is 0. The van der Waals surface area contributed by atoms with Crippen molar-refractivity contribution in [1.29, 1.82) is 0 Å². The topological polar surface area (TPSA) is 16.8 Å². The highest BCUT2D eigenvalue weighted by atomic mass is 19.1. The zero-order chi connectivity index (χ0) is 13.3. The molecule has 0 aliphatic carbocycles. The minimum absolute atomic E-state index is 0.279. The molecular weight excluding hydrogens is 227 g/mol. The van der Waals surface area contributed by atoms with Crippen LogP contribution >= 0.6 is 0 Å². The predicted molar refractivity (Wildman–Crippen MR) is 68.9 cm³/mol. The summed E-state index contributed by atoms with van der Waals surface area (Å²) in [5.74, 6) is -0.279. The van der Waals surface area contributed by atoms with Gasteiger partial charge in [-0.05, 0) is 32.9 Å². The van der Waals surface area contributed by atoms with Crippen LogP contribution in [0.4, 0.5) is 4.39 Å². The summed E-state index contributed by atoms with van der Waals surface area (Å²) in [6, 6.07) is 3.72. The van der Waals surface area contributed by atoms with Crippen LogP contribution in [0.3, 0.4) is 0 Å². The molecule has 0 unspecified atom stereocenters. The van der Waals surface area contributed by atoms with Crippen LogP contribution in [0.15, 0.2) is 24.5 Å². The molecule has 3 heteroatoms. The molecule has 0 radical (unpaired) electrons. The van der Waals surface area contributed by atoms with E-state index < -0.39 is 0 Å². The van der Waals surface area contributed by atoms with E-state index in [-0.39, 0.29) is 5.82 Å². The van der Waals surface area contributed by atoms with Gasteiger partial charge in [0.25, 0.3) is 0 Å². The first kappa shape index (κ1) is 12.7. The van der Waals surface area contributed by atoms with E-state index in [0.717, 1.165) is 11.3 Å². The van der Waals surface area contributed by atoms with E-state index in [1.165, 1.54) is 23.0 Å². The van der Waals surface area contributed by atoms with Gasteiger partial charge >= 0.3 is 0 Å². The minimum Gasteiger partial charge on any atom is -0.258 e. The molecule has 0 saturated heterocycles. The number of nitrogens with zero attached hydrogens (tertiary/aromatic N) is 2. The van der Waals surface area contributed by atoms with Crippen LogP contribution in [0, 0.1) is 33.5 Å². The smallest absolute Gasteiger partial charge is 0.181 e. The Bertz CT molecular complexity index is 591. The molecule has 2 heterocycles. The number of aromatic nitrogens is 2. The Morgan fingerprint density at radius 3 is 2.61 bits per heavy atom. The average Bonchev–Trinajstić information content (AvgIpc) is 2.30. The van der Waals surface area contributed by atoms with Crippen molar-refractivity contribution in [3.63, 3.8) is 0 Å². The zero-order valence-corrected chi connectivity index (χ0v) is 11.3. The van der Waals surface area contributed by atoms with Crippen LogP contribution < -0.4 is 4.57 Å². The van der Waals surface area contributed by atoms with Gasteiger partial charge in [-0.25, -0.2) is 4.39 Å². The van der Waals surface area contributed by atoms with Crippen LogP contribution in [0.1, 0.15) is 28.1 Å². The van der Waals surface area contributed by atoms with Crippen LogP contribution in [-0.2, 0) is 6.54 Å². The molecule has 2 aromatic heterocycles. The molecule has 2 nitrogen and oxygen atoms in total. The molecule has 0 spiro atoms. The second-order valence-electron chi connectivity index (χ2n) is 4.81. The van der Waals surface area contributed by atoms with Crippen LogP contribution in [0.25, 0.3) is 0 Å². The third kappa shape index (κ3) is 2.55. The maximum absolute atomic E-state index is 13.2. The molecule has 2 aromatic rings. The molecule has 0 aromatic carbocycles. The molecule has 0 bridgehead atoms. The van der Waals surface area contributed by atoms with Crippen LogP contribution in [-0.4, -0.2) is 4.98 Å². The van der Waals surface area contributed by atoms with Crippen molar-refractivity contribution in [2.45, 2.75) is 34.2 Å². The van der Waals surface area contributed by atoms with Crippen molar-refractivity contribution in [1.82, 2.24) is 4.98 Å². The Hall–Kier alpha value is -1.77. The highest BCUT2D eigenvalue weighted by Crippen LogP contribution is 2.09. The Morgan fingerprint density at radius 1 is 1.17 bits per heavy atom. The number of aryl methyl sites for hydroxylation is 3. The lowest BCUT2D eigenvalue weighted by Gasteiger charge is -2.06. The fourth-order valence-electron chi connectivity index (χ4n) is 2.11. The Labute approximate surface area is 107 Å². The fraction of sp³-hybridized carbons (Fsp3) is 0.333. The van der Waals surface area contributed by atoms with Gasteiger partial charge < -0.3 is 0 Å². The summed E-state index contributed by atoms with van der Waals surface area (Å²) in [5.41, 5.74) is 5.46. The normalized spacial score (nSPS) is 10.7. The van der Waals surface area contributed by atoms with Gasteiger partial charge in [-0.15, -0.1) is 0 Å². The Morgan fingerprint density at radius 2 is 1.89 bits per heavy atom. The first-order valence-corrected chi connectivity index (χ1v) is 6.05. The molecule has 0 amide bonds. The largest absolute Gasteiger partial charge is 0.258 e. The third-order valence-corrected chi connectivity index (χ3v) is 3.30. The van der Waals surface area contributed by atoms with Crippen molar-refractivity contribution < 1.29 is 8.96 Å². The van der Waals surface area contributed by atoms with Gasteiger partial charge in [0.15, 0.2) is 18.4 Å². The third-order valence-electron chi connectivity index (χ3n) is 3.30. The van der Waals surface area contributed by atoms with E-state index >= 15 is 0 Å². The van der Waals surface area contributed by atoms with Crippen molar-refractivity contribution in [3.05, 3.63) is 58.4 Å². The van der Waals surface area contributed by atoms with Gasteiger partial charge in [0.05, 0.1) is 6.20 Å². The van der Waals surface area contributed by atoms with Gasteiger partial charge in [0, 0.05) is 29.3 Å². The standard InChI is InChI=1S/C15H18FN2/c1-10-5-11(2)13(4)18(8-10)9-14-6-15(16)7-17-12(14)3/h5-8H,9H2,1-4H3/q+1. The first-order valence-electron chi connectivity index (χ1n) is 6.05. The Kier molecular flexibility index (Phi) is 3.41. The van der Waals surface area contributed by atoms with Gasteiger partial charge in [-0.1, -0.05) is 0 Å². The van der Waals surface area contributed by atoms with Crippen molar-refractivity contribution in [3.8, 4) is 0 Å². The molecule has 0 fully saturated rings. The maximum Gasteiger partial charge on any atom is 0.181 e. The Balaban J connectivity index is 2.43. The minimum atomic E-state index is -0.279. The van der Waals surface area contributed by atoms with Gasteiger partial charge in [0.1, 0.15) is 5.82 Å². The van der Waals surface area contributed by atoms with Gasteiger partial charge in [-0.3, -0.25) is 4.98 Å². The molecule has 0 aliphatic rings. The highest BCUT2D eigenvalue weighted by Gasteiger charge is 2.13. The molecular formula is C15H18FN2+. The number of rotatable bonds is 2. The first-order chi connectivity index (χ1) is 8.47. The van der Waals surface area contributed by atoms with E-state index in [1.807, 2.05) is 6.92 Å². The predicted octanol–water partition coefficient (Wildman–Crippen LogP) is 2.79. The molecule has 0 atom stereocenters. The fourth-order valence-corrected chi connectivity index (χ4v) is 2.11. The molecule has 94 valence electrons. The number of halogens is 1. The van der Waals surface area contributed by atoms with Crippen molar-refractivity contribution in [2.24, 2.45) is 0 Å². The van der Waals surface area contributed by atoms with Gasteiger partial charge in [0.2, 0.25) is 0 Å². The molecule has 0 aliphatic heterocycles. The number of pyridine rings is 2. The van der Waals surface area contributed by atoms with Crippen molar-refractivity contribution >= 4 is 0 Å². The summed E-state index contributed by atoms with van der Waals surface area (Å²) >= 11 is 0. The quantitative estimate of drug-likeness (QED) is 0.743. The molecule has 18 heavy (non-hydrogen) atoms. The lowest BCUT2D eigenvalue weighted by Crippen LogP contribution is -2.38. The lowest BCUT2D eigenvalue weighted by molar-refractivity contribution is -0.695. The second-order valence-corrected chi connectivity index (χ2v) is 4.81. The van der Waals surface area contributed by atoms with Gasteiger partial charge in [-0.2, -0.15) is 4.57 Å². The van der Waals surface area contributed by atoms with E-state index in [4.69, 9.17) is 0 Å². The van der Waals surface area contributed by atoms with E-state index in [1.54, 1.807) is 6.07 Å². The zero-order valence-electron chi connectivity index (χ0n) is 11.3. The lowest BCUT2D eigenvalue weighted by atomic mass is 10.1. The summed E-state index contributed by atoms with van der Waals surface area (Å²) in [7, 11) is 0. The maximum atomic E-state index is 13.2. The number of hydrogen-bond donors (Lipinski definition) is 0.